The molecule has 156 valence electrons. The van der Waals surface area contributed by atoms with Gasteiger partial charge in [0.15, 0.2) is 6.61 Å². The lowest BCUT2D eigenvalue weighted by molar-refractivity contribution is -0.140. The van der Waals surface area contributed by atoms with Gasteiger partial charge < -0.3 is 14.5 Å². The second-order valence-corrected chi connectivity index (χ2v) is 7.08. The normalized spacial score (nSPS) is 15.4. The largest absolute Gasteiger partial charge is 0.484 e. The van der Waals surface area contributed by atoms with Crippen LogP contribution in [0.4, 0.5) is 13.2 Å². The van der Waals surface area contributed by atoms with Crippen molar-refractivity contribution in [1.29, 1.82) is 0 Å². The lowest BCUT2D eigenvalue weighted by Crippen LogP contribution is -2.45. The van der Waals surface area contributed by atoms with Crippen LogP contribution in [-0.4, -0.2) is 54.9 Å². The minimum absolute atomic E-state index is 0.0678. The number of nitrogens with zero attached hydrogens (tertiary/aromatic N) is 2. The van der Waals surface area contributed by atoms with E-state index in [1.165, 1.54) is 12.1 Å². The van der Waals surface area contributed by atoms with Gasteiger partial charge in [-0.05, 0) is 43.5 Å². The van der Waals surface area contributed by atoms with E-state index in [0.717, 1.165) is 31.5 Å². The molecule has 1 heterocycles. The zero-order valence-corrected chi connectivity index (χ0v) is 16.3. The minimum Gasteiger partial charge on any atom is -0.484 e. The van der Waals surface area contributed by atoms with Crippen LogP contribution in [0.15, 0.2) is 24.3 Å². The van der Waals surface area contributed by atoms with Gasteiger partial charge in [-0.3, -0.25) is 9.59 Å². The van der Waals surface area contributed by atoms with E-state index in [2.05, 4.69) is 6.92 Å². The highest BCUT2D eigenvalue weighted by atomic mass is 19.4. The molecule has 0 saturated carbocycles. The molecule has 0 aliphatic carbocycles. The molecule has 1 aromatic carbocycles. The summed E-state index contributed by atoms with van der Waals surface area (Å²) in [6.45, 7) is 3.55. The zero-order chi connectivity index (χ0) is 20.7. The van der Waals surface area contributed by atoms with Gasteiger partial charge in [0.05, 0.1) is 5.56 Å². The highest BCUT2D eigenvalue weighted by molar-refractivity contribution is 5.80. The van der Waals surface area contributed by atoms with Gasteiger partial charge in [0, 0.05) is 32.6 Å². The Labute approximate surface area is 163 Å². The van der Waals surface area contributed by atoms with Crippen molar-refractivity contribution in [1.82, 2.24) is 9.80 Å². The maximum absolute atomic E-state index is 12.5. The summed E-state index contributed by atoms with van der Waals surface area (Å²) in [5.74, 6) is 0.0392. The summed E-state index contributed by atoms with van der Waals surface area (Å²) in [4.78, 5) is 28.1. The number of unbranched alkanes of at least 4 members (excludes halogenated alkanes) is 1. The Morgan fingerprint density at radius 3 is 2.32 bits per heavy atom. The Morgan fingerprint density at radius 1 is 1.18 bits per heavy atom. The summed E-state index contributed by atoms with van der Waals surface area (Å²) in [6, 6.07) is 4.25. The van der Waals surface area contributed by atoms with Crippen molar-refractivity contribution in [2.75, 3.05) is 33.3 Å². The van der Waals surface area contributed by atoms with Crippen molar-refractivity contribution in [3.8, 4) is 5.75 Å². The highest BCUT2D eigenvalue weighted by Crippen LogP contribution is 2.30. The van der Waals surface area contributed by atoms with Crippen molar-refractivity contribution < 1.29 is 27.5 Å². The van der Waals surface area contributed by atoms with Gasteiger partial charge in [-0.15, -0.1) is 0 Å². The van der Waals surface area contributed by atoms with E-state index >= 15 is 0 Å². The lowest BCUT2D eigenvalue weighted by atomic mass is 9.95. The lowest BCUT2D eigenvalue weighted by Gasteiger charge is -2.33. The molecule has 0 atom stereocenters. The van der Waals surface area contributed by atoms with Crippen LogP contribution in [0.3, 0.4) is 0 Å². The molecule has 28 heavy (non-hydrogen) atoms. The first-order chi connectivity index (χ1) is 13.2. The standard InChI is InChI=1S/C20H27F3N2O3/c1-3-4-11-24(2)19(27)15-9-12-25(13-10-15)18(26)14-28-17-7-5-16(6-8-17)20(21,22)23/h5-8,15H,3-4,9-14H2,1-2H3. The fourth-order valence-electron chi connectivity index (χ4n) is 3.17. The van der Waals surface area contributed by atoms with Crippen LogP contribution in [0.1, 0.15) is 38.2 Å². The number of rotatable bonds is 7. The number of carbonyl (C=O) groups is 2. The third-order valence-corrected chi connectivity index (χ3v) is 4.96. The minimum atomic E-state index is -4.40. The number of halogens is 3. The maximum Gasteiger partial charge on any atom is 0.416 e. The van der Waals surface area contributed by atoms with Gasteiger partial charge in [-0.1, -0.05) is 13.3 Å². The topological polar surface area (TPSA) is 49.9 Å². The van der Waals surface area contributed by atoms with Gasteiger partial charge in [-0.25, -0.2) is 0 Å². The Morgan fingerprint density at radius 2 is 1.79 bits per heavy atom. The average molecular weight is 400 g/mol. The first-order valence-corrected chi connectivity index (χ1v) is 9.55. The van der Waals surface area contributed by atoms with Gasteiger partial charge in [0.1, 0.15) is 5.75 Å². The molecule has 1 saturated heterocycles. The molecule has 8 heteroatoms. The van der Waals surface area contributed by atoms with E-state index in [4.69, 9.17) is 4.74 Å². The first kappa shape index (κ1) is 22.0. The van der Waals surface area contributed by atoms with Gasteiger partial charge in [0.25, 0.3) is 5.91 Å². The van der Waals surface area contributed by atoms with E-state index in [-0.39, 0.29) is 30.1 Å². The Bertz CT molecular complexity index is 654. The van der Waals surface area contributed by atoms with Crippen LogP contribution >= 0.6 is 0 Å². The number of alkyl halides is 3. The molecule has 5 nitrogen and oxygen atoms in total. The zero-order valence-electron chi connectivity index (χ0n) is 16.3. The molecule has 0 unspecified atom stereocenters. The summed E-state index contributed by atoms with van der Waals surface area (Å²) in [5, 5.41) is 0. The quantitative estimate of drug-likeness (QED) is 0.703. The Balaban J connectivity index is 1.77. The molecule has 0 bridgehead atoms. The Hall–Kier alpha value is -2.25. The molecule has 1 aromatic rings. The van der Waals surface area contributed by atoms with E-state index in [0.29, 0.717) is 25.9 Å². The molecule has 1 aliphatic heterocycles. The van der Waals surface area contributed by atoms with Crippen LogP contribution < -0.4 is 4.74 Å². The predicted molar refractivity (Wildman–Crippen MR) is 98.8 cm³/mol. The summed E-state index contributed by atoms with van der Waals surface area (Å²) >= 11 is 0. The molecule has 0 radical (unpaired) electrons. The van der Waals surface area contributed by atoms with Crippen molar-refractivity contribution in [2.45, 2.75) is 38.8 Å². The van der Waals surface area contributed by atoms with E-state index < -0.39 is 11.7 Å². The summed E-state index contributed by atoms with van der Waals surface area (Å²) in [5.41, 5.74) is -0.762. The Kier molecular flexibility index (Phi) is 7.71. The highest BCUT2D eigenvalue weighted by Gasteiger charge is 2.31. The predicted octanol–water partition coefficient (Wildman–Crippen LogP) is 3.58. The number of benzene rings is 1. The third kappa shape index (κ3) is 6.14. The van der Waals surface area contributed by atoms with Crippen molar-refractivity contribution in [3.63, 3.8) is 0 Å². The van der Waals surface area contributed by atoms with Gasteiger partial charge >= 0.3 is 6.18 Å². The van der Waals surface area contributed by atoms with Gasteiger partial charge in [0.2, 0.25) is 5.91 Å². The van der Waals surface area contributed by atoms with Crippen LogP contribution in [0.5, 0.6) is 5.75 Å². The molecule has 1 fully saturated rings. The molecule has 2 rings (SSSR count). The number of amides is 2. The number of likely N-dealkylation sites (tertiary alicyclic amines) is 1. The second-order valence-electron chi connectivity index (χ2n) is 7.08. The molecule has 1 aliphatic rings. The SMILES string of the molecule is CCCCN(C)C(=O)C1CCN(C(=O)COc2ccc(C(F)(F)F)cc2)CC1. The first-order valence-electron chi connectivity index (χ1n) is 9.55. The fraction of sp³-hybridized carbons (Fsp3) is 0.600. The molecule has 0 aromatic heterocycles. The number of piperidine rings is 1. The fourth-order valence-corrected chi connectivity index (χ4v) is 3.17. The third-order valence-electron chi connectivity index (χ3n) is 4.96. The van der Waals surface area contributed by atoms with Crippen LogP contribution in [0.2, 0.25) is 0 Å². The van der Waals surface area contributed by atoms with Crippen LogP contribution in [0, 0.1) is 5.92 Å². The van der Waals surface area contributed by atoms with Gasteiger partial charge in [-0.2, -0.15) is 13.2 Å². The summed E-state index contributed by atoms with van der Waals surface area (Å²) in [7, 11) is 1.81. The van der Waals surface area contributed by atoms with Crippen molar-refractivity contribution in [3.05, 3.63) is 29.8 Å². The van der Waals surface area contributed by atoms with E-state index in [1.54, 1.807) is 9.80 Å². The van der Waals surface area contributed by atoms with E-state index in [9.17, 15) is 22.8 Å². The number of ether oxygens (including phenoxy) is 1. The number of carbonyl (C=O) groups excluding carboxylic acids is 2. The van der Waals surface area contributed by atoms with Crippen molar-refractivity contribution >= 4 is 11.8 Å². The summed E-state index contributed by atoms with van der Waals surface area (Å²) < 4.78 is 43.0. The van der Waals surface area contributed by atoms with Crippen LogP contribution in [-0.2, 0) is 15.8 Å². The molecule has 2 amide bonds. The second kappa shape index (κ2) is 9.80. The molecular weight excluding hydrogens is 373 g/mol. The number of hydrogen-bond donors (Lipinski definition) is 0. The van der Waals surface area contributed by atoms with Crippen LogP contribution in [0.25, 0.3) is 0 Å². The number of hydrogen-bond acceptors (Lipinski definition) is 3. The maximum atomic E-state index is 12.5. The average Bonchev–Trinajstić information content (AvgIpc) is 2.69. The monoisotopic (exact) mass is 400 g/mol. The molecular formula is C20H27F3N2O3. The molecule has 0 N–H and O–H groups in total. The van der Waals surface area contributed by atoms with E-state index in [1.807, 2.05) is 7.05 Å². The summed E-state index contributed by atoms with van der Waals surface area (Å²) in [6.07, 6.45) is -1.17. The molecule has 0 spiro atoms. The van der Waals surface area contributed by atoms with Crippen molar-refractivity contribution in [2.24, 2.45) is 5.92 Å². The smallest absolute Gasteiger partial charge is 0.416 e.